The highest BCUT2D eigenvalue weighted by Gasteiger charge is 2.15. The second-order valence-electron chi connectivity index (χ2n) is 6.80. The fourth-order valence-electron chi connectivity index (χ4n) is 3.71. The van der Waals surface area contributed by atoms with Gasteiger partial charge < -0.3 is 4.98 Å². The van der Waals surface area contributed by atoms with Gasteiger partial charge in [0, 0.05) is 35.0 Å². The van der Waals surface area contributed by atoms with E-state index < -0.39 is 0 Å². The van der Waals surface area contributed by atoms with Gasteiger partial charge in [-0.15, -0.1) is 0 Å². The SMILES string of the molecule is Cc1c(-c2cc3c(=O)cc[nH]c3nc2-c2ccccc2)ccc2ncccc12. The van der Waals surface area contributed by atoms with E-state index in [1.165, 1.54) is 6.07 Å². The third kappa shape index (κ3) is 2.58. The number of fused-ring (bicyclic) bond motifs is 2. The number of benzene rings is 2. The standard InChI is InChI=1S/C24H17N3O/c1-15-17(9-10-21-18(15)8-5-12-25-21)19-14-20-22(28)11-13-26-24(20)27-23(19)16-6-3-2-4-7-16/h2-14H,1H3,(H,26,27,28). The first-order chi connectivity index (χ1) is 13.7. The van der Waals surface area contributed by atoms with Gasteiger partial charge in [-0.2, -0.15) is 0 Å². The van der Waals surface area contributed by atoms with Crippen molar-refractivity contribution in [2.75, 3.05) is 0 Å². The van der Waals surface area contributed by atoms with Gasteiger partial charge in [0.2, 0.25) is 0 Å². The topological polar surface area (TPSA) is 58.6 Å². The number of rotatable bonds is 2. The van der Waals surface area contributed by atoms with Gasteiger partial charge >= 0.3 is 0 Å². The van der Waals surface area contributed by atoms with E-state index in [1.54, 1.807) is 12.4 Å². The minimum atomic E-state index is -0.0396. The zero-order valence-electron chi connectivity index (χ0n) is 15.3. The van der Waals surface area contributed by atoms with Crippen LogP contribution in [-0.2, 0) is 0 Å². The predicted octanol–water partition coefficient (Wildman–Crippen LogP) is 5.11. The molecule has 0 saturated heterocycles. The van der Waals surface area contributed by atoms with E-state index >= 15 is 0 Å². The van der Waals surface area contributed by atoms with Crippen LogP contribution in [0.5, 0.6) is 0 Å². The summed E-state index contributed by atoms with van der Waals surface area (Å²) >= 11 is 0. The zero-order valence-corrected chi connectivity index (χ0v) is 15.3. The fraction of sp³-hybridized carbons (Fsp3) is 0.0417. The van der Waals surface area contributed by atoms with Crippen molar-refractivity contribution in [1.82, 2.24) is 15.0 Å². The molecule has 4 heteroatoms. The van der Waals surface area contributed by atoms with E-state index in [2.05, 4.69) is 29.0 Å². The molecule has 5 aromatic rings. The highest BCUT2D eigenvalue weighted by atomic mass is 16.1. The molecule has 0 aliphatic rings. The van der Waals surface area contributed by atoms with E-state index in [0.29, 0.717) is 11.0 Å². The Hall–Kier alpha value is -3.79. The molecule has 0 amide bonds. The first-order valence-corrected chi connectivity index (χ1v) is 9.15. The van der Waals surface area contributed by atoms with Crippen LogP contribution < -0.4 is 5.43 Å². The second-order valence-corrected chi connectivity index (χ2v) is 6.80. The van der Waals surface area contributed by atoms with Crippen LogP contribution in [0.2, 0.25) is 0 Å². The summed E-state index contributed by atoms with van der Waals surface area (Å²) in [5.74, 6) is 0. The number of H-pyrrole nitrogens is 1. The molecule has 2 aromatic carbocycles. The fourth-order valence-corrected chi connectivity index (χ4v) is 3.71. The van der Waals surface area contributed by atoms with Crippen molar-refractivity contribution in [2.24, 2.45) is 0 Å². The predicted molar refractivity (Wildman–Crippen MR) is 113 cm³/mol. The Morgan fingerprint density at radius 1 is 0.857 bits per heavy atom. The maximum atomic E-state index is 12.4. The van der Waals surface area contributed by atoms with Gasteiger partial charge in [0.1, 0.15) is 5.65 Å². The second kappa shape index (κ2) is 6.43. The summed E-state index contributed by atoms with van der Waals surface area (Å²) in [7, 11) is 0. The lowest BCUT2D eigenvalue weighted by atomic mass is 9.93. The Morgan fingerprint density at radius 2 is 1.71 bits per heavy atom. The molecule has 3 aromatic heterocycles. The van der Waals surface area contributed by atoms with E-state index in [-0.39, 0.29) is 5.43 Å². The molecule has 134 valence electrons. The average Bonchev–Trinajstić information content (AvgIpc) is 2.74. The minimum Gasteiger partial charge on any atom is -0.346 e. The molecule has 5 rings (SSSR count). The molecule has 0 aliphatic heterocycles. The number of nitrogens with zero attached hydrogens (tertiary/aromatic N) is 2. The number of aromatic nitrogens is 3. The Balaban J connectivity index is 1.89. The molecule has 0 atom stereocenters. The summed E-state index contributed by atoms with van der Waals surface area (Å²) < 4.78 is 0. The molecule has 0 aliphatic carbocycles. The molecular weight excluding hydrogens is 346 g/mol. The molecule has 0 spiro atoms. The molecule has 28 heavy (non-hydrogen) atoms. The molecule has 1 N–H and O–H groups in total. The van der Waals surface area contributed by atoms with Crippen LogP contribution in [0, 0.1) is 6.92 Å². The van der Waals surface area contributed by atoms with Gasteiger partial charge in [-0.05, 0) is 36.2 Å². The van der Waals surface area contributed by atoms with Crippen molar-refractivity contribution in [3.8, 4) is 22.4 Å². The Morgan fingerprint density at radius 3 is 2.57 bits per heavy atom. The van der Waals surface area contributed by atoms with Gasteiger partial charge in [0.25, 0.3) is 0 Å². The Bertz CT molecular complexity index is 1390. The summed E-state index contributed by atoms with van der Waals surface area (Å²) in [5.41, 5.74) is 6.48. The van der Waals surface area contributed by atoms with Crippen LogP contribution in [0.25, 0.3) is 44.3 Å². The van der Waals surface area contributed by atoms with Crippen LogP contribution in [0.1, 0.15) is 5.56 Å². The van der Waals surface area contributed by atoms with Crippen molar-refractivity contribution >= 4 is 21.9 Å². The Labute approximate surface area is 161 Å². The highest BCUT2D eigenvalue weighted by Crippen LogP contribution is 2.36. The van der Waals surface area contributed by atoms with Crippen LogP contribution in [0.15, 0.2) is 83.9 Å². The molecule has 0 fully saturated rings. The number of hydrogen-bond acceptors (Lipinski definition) is 3. The first-order valence-electron chi connectivity index (χ1n) is 9.15. The van der Waals surface area contributed by atoms with E-state index in [1.807, 2.05) is 48.5 Å². The molecule has 0 saturated carbocycles. The summed E-state index contributed by atoms with van der Waals surface area (Å²) in [6.45, 7) is 2.09. The zero-order chi connectivity index (χ0) is 19.1. The number of nitrogens with one attached hydrogen (secondary N) is 1. The largest absolute Gasteiger partial charge is 0.346 e. The highest BCUT2D eigenvalue weighted by molar-refractivity contribution is 5.95. The van der Waals surface area contributed by atoms with Gasteiger partial charge in [-0.3, -0.25) is 9.78 Å². The van der Waals surface area contributed by atoms with E-state index in [4.69, 9.17) is 4.98 Å². The van der Waals surface area contributed by atoms with Gasteiger partial charge in [0.05, 0.1) is 16.6 Å². The van der Waals surface area contributed by atoms with E-state index in [0.717, 1.165) is 38.9 Å². The minimum absolute atomic E-state index is 0.0396. The number of aromatic amines is 1. The monoisotopic (exact) mass is 363 g/mol. The smallest absolute Gasteiger partial charge is 0.191 e. The summed E-state index contributed by atoms with van der Waals surface area (Å²) in [6.07, 6.45) is 3.44. The van der Waals surface area contributed by atoms with E-state index in [9.17, 15) is 4.79 Å². The molecule has 4 nitrogen and oxygen atoms in total. The van der Waals surface area contributed by atoms with Gasteiger partial charge in [-0.1, -0.05) is 42.5 Å². The normalized spacial score (nSPS) is 11.2. The quantitative estimate of drug-likeness (QED) is 0.474. The molecule has 0 bridgehead atoms. The molecule has 3 heterocycles. The molecule has 0 unspecified atom stereocenters. The van der Waals surface area contributed by atoms with Crippen molar-refractivity contribution in [3.63, 3.8) is 0 Å². The lowest BCUT2D eigenvalue weighted by Gasteiger charge is -2.14. The number of hydrogen-bond donors (Lipinski definition) is 1. The summed E-state index contributed by atoms with van der Waals surface area (Å²) in [4.78, 5) is 24.8. The molecule has 0 radical (unpaired) electrons. The van der Waals surface area contributed by atoms with Crippen molar-refractivity contribution in [1.29, 1.82) is 0 Å². The van der Waals surface area contributed by atoms with Gasteiger partial charge in [-0.25, -0.2) is 4.98 Å². The van der Waals surface area contributed by atoms with Crippen molar-refractivity contribution in [2.45, 2.75) is 6.92 Å². The van der Waals surface area contributed by atoms with Crippen molar-refractivity contribution < 1.29 is 0 Å². The van der Waals surface area contributed by atoms with Crippen molar-refractivity contribution in [3.05, 3.63) is 94.9 Å². The Kier molecular flexibility index (Phi) is 3.76. The lowest BCUT2D eigenvalue weighted by molar-refractivity contribution is 1.27. The maximum Gasteiger partial charge on any atom is 0.191 e. The number of pyridine rings is 3. The lowest BCUT2D eigenvalue weighted by Crippen LogP contribution is -2.04. The molecular formula is C24H17N3O. The third-order valence-corrected chi connectivity index (χ3v) is 5.13. The third-order valence-electron chi connectivity index (χ3n) is 5.13. The summed E-state index contributed by atoms with van der Waals surface area (Å²) in [5, 5.41) is 1.68. The van der Waals surface area contributed by atoms with Crippen LogP contribution in [-0.4, -0.2) is 15.0 Å². The summed E-state index contributed by atoms with van der Waals surface area (Å²) in [6, 6.07) is 21.6. The van der Waals surface area contributed by atoms with Crippen LogP contribution in [0.4, 0.5) is 0 Å². The maximum absolute atomic E-state index is 12.4. The van der Waals surface area contributed by atoms with Gasteiger partial charge in [0.15, 0.2) is 5.43 Å². The van der Waals surface area contributed by atoms with Crippen LogP contribution in [0.3, 0.4) is 0 Å². The number of aryl methyl sites for hydroxylation is 1. The first kappa shape index (κ1) is 16.4. The van der Waals surface area contributed by atoms with Crippen LogP contribution >= 0.6 is 0 Å². The average molecular weight is 363 g/mol.